The lowest BCUT2D eigenvalue weighted by molar-refractivity contribution is 0.419. The number of ether oxygens (including phenoxy) is 1. The molecule has 0 radical (unpaired) electrons. The van der Waals surface area contributed by atoms with Crippen molar-refractivity contribution in [2.24, 2.45) is 0 Å². The van der Waals surface area contributed by atoms with Crippen LogP contribution in [0.25, 0.3) is 10.9 Å². The van der Waals surface area contributed by atoms with Gasteiger partial charge in [0.1, 0.15) is 5.75 Å². The molecule has 1 aromatic heterocycles. The second-order valence-corrected chi connectivity index (χ2v) is 5.17. The highest BCUT2D eigenvalue weighted by Crippen LogP contribution is 2.34. The quantitative estimate of drug-likeness (QED) is 0.794. The minimum absolute atomic E-state index is 0.408. The number of nitrogens with one attached hydrogen (secondary N) is 2. The molecular formula is C17H26N2O. The van der Waals surface area contributed by atoms with E-state index in [2.05, 4.69) is 43.2 Å². The van der Waals surface area contributed by atoms with E-state index in [0.717, 1.165) is 37.1 Å². The van der Waals surface area contributed by atoms with Gasteiger partial charge in [-0.05, 0) is 37.4 Å². The molecule has 1 atom stereocenters. The van der Waals surface area contributed by atoms with Gasteiger partial charge in [-0.25, -0.2) is 0 Å². The van der Waals surface area contributed by atoms with Crippen molar-refractivity contribution in [2.75, 3.05) is 13.7 Å². The van der Waals surface area contributed by atoms with Crippen LogP contribution < -0.4 is 10.1 Å². The molecule has 2 N–H and O–H groups in total. The molecule has 1 unspecified atom stereocenters. The zero-order valence-corrected chi connectivity index (χ0v) is 13.0. The Hall–Kier alpha value is -1.48. The maximum Gasteiger partial charge on any atom is 0.142 e. The minimum atomic E-state index is 0.408. The van der Waals surface area contributed by atoms with Gasteiger partial charge in [0.05, 0.1) is 12.6 Å². The maximum atomic E-state index is 5.48. The first-order valence-electron chi connectivity index (χ1n) is 7.67. The molecule has 3 nitrogen and oxygen atoms in total. The number of H-pyrrole nitrogens is 1. The molecule has 1 heterocycles. The van der Waals surface area contributed by atoms with Gasteiger partial charge in [-0.3, -0.25) is 0 Å². The van der Waals surface area contributed by atoms with E-state index in [-0.39, 0.29) is 0 Å². The summed E-state index contributed by atoms with van der Waals surface area (Å²) in [5.41, 5.74) is 3.86. The van der Waals surface area contributed by atoms with Crippen LogP contribution >= 0.6 is 0 Å². The highest BCUT2D eigenvalue weighted by molar-refractivity contribution is 5.90. The molecule has 1 aromatic carbocycles. The van der Waals surface area contributed by atoms with Crippen molar-refractivity contribution in [3.63, 3.8) is 0 Å². The summed E-state index contributed by atoms with van der Waals surface area (Å²) in [7, 11) is 1.73. The Morgan fingerprint density at radius 3 is 2.65 bits per heavy atom. The summed E-state index contributed by atoms with van der Waals surface area (Å²) in [5.74, 6) is 0.925. The molecule has 0 saturated heterocycles. The van der Waals surface area contributed by atoms with Gasteiger partial charge in [0.15, 0.2) is 0 Å². The number of aromatic nitrogens is 1. The van der Waals surface area contributed by atoms with Crippen molar-refractivity contribution in [2.45, 2.75) is 46.1 Å². The lowest BCUT2D eigenvalue weighted by Gasteiger charge is -2.18. The third-order valence-corrected chi connectivity index (χ3v) is 3.89. The number of rotatable bonds is 7. The second-order valence-electron chi connectivity index (χ2n) is 5.17. The van der Waals surface area contributed by atoms with Crippen LogP contribution in [0.5, 0.6) is 5.75 Å². The number of benzene rings is 1. The van der Waals surface area contributed by atoms with Gasteiger partial charge < -0.3 is 15.0 Å². The average molecular weight is 274 g/mol. The molecule has 0 amide bonds. The summed E-state index contributed by atoms with van der Waals surface area (Å²) in [5, 5.41) is 4.95. The first-order valence-corrected chi connectivity index (χ1v) is 7.67. The molecule has 0 aliphatic rings. The zero-order chi connectivity index (χ0) is 14.5. The highest BCUT2D eigenvalue weighted by Gasteiger charge is 2.19. The van der Waals surface area contributed by atoms with E-state index in [0.29, 0.717) is 6.04 Å². The number of fused-ring (bicyclic) bond motifs is 1. The van der Waals surface area contributed by atoms with Crippen molar-refractivity contribution in [1.29, 1.82) is 0 Å². The van der Waals surface area contributed by atoms with Gasteiger partial charge in [-0.1, -0.05) is 32.9 Å². The fraction of sp³-hybridized carbons (Fsp3) is 0.529. The van der Waals surface area contributed by atoms with Crippen LogP contribution in [0, 0.1) is 0 Å². The molecule has 0 bridgehead atoms. The molecule has 2 aromatic rings. The van der Waals surface area contributed by atoms with E-state index in [1.165, 1.54) is 16.6 Å². The molecule has 2 rings (SSSR count). The van der Waals surface area contributed by atoms with Gasteiger partial charge in [0, 0.05) is 17.1 Å². The average Bonchev–Trinajstić information content (AvgIpc) is 2.87. The van der Waals surface area contributed by atoms with Crippen LogP contribution in [-0.4, -0.2) is 18.6 Å². The number of aryl methyl sites for hydroxylation is 1. The smallest absolute Gasteiger partial charge is 0.142 e. The Morgan fingerprint density at radius 1 is 1.25 bits per heavy atom. The summed E-state index contributed by atoms with van der Waals surface area (Å²) in [6.07, 6.45) is 3.26. The van der Waals surface area contributed by atoms with Crippen molar-refractivity contribution < 1.29 is 4.74 Å². The third-order valence-electron chi connectivity index (χ3n) is 3.89. The number of methoxy groups -OCH3 is 1. The van der Waals surface area contributed by atoms with Crippen molar-refractivity contribution in [1.82, 2.24) is 10.3 Å². The van der Waals surface area contributed by atoms with E-state index < -0.39 is 0 Å². The predicted octanol–water partition coefficient (Wildman–Crippen LogP) is 4.19. The Kier molecular flexibility index (Phi) is 5.07. The monoisotopic (exact) mass is 274 g/mol. The largest absolute Gasteiger partial charge is 0.495 e. The maximum absolute atomic E-state index is 5.48. The second kappa shape index (κ2) is 6.80. The first-order chi connectivity index (χ1) is 9.76. The fourth-order valence-corrected chi connectivity index (χ4v) is 2.88. The summed E-state index contributed by atoms with van der Waals surface area (Å²) in [6, 6.07) is 6.69. The van der Waals surface area contributed by atoms with E-state index in [1.807, 2.05) is 6.07 Å². The standard InChI is InChI=1S/C17H26N2O/c1-5-11-18-13(6-2)16-12-9-8-10-15(20-4)17(12)19-14(16)7-3/h8-10,13,18-19H,5-7,11H2,1-4H3. The topological polar surface area (TPSA) is 37.0 Å². The number of para-hydroxylation sites is 1. The molecule has 0 saturated carbocycles. The molecule has 0 fully saturated rings. The Balaban J connectivity index is 2.54. The van der Waals surface area contributed by atoms with E-state index in [9.17, 15) is 0 Å². The van der Waals surface area contributed by atoms with E-state index in [4.69, 9.17) is 4.74 Å². The van der Waals surface area contributed by atoms with Gasteiger partial charge in [-0.2, -0.15) is 0 Å². The van der Waals surface area contributed by atoms with Crippen LogP contribution in [0.3, 0.4) is 0 Å². The van der Waals surface area contributed by atoms with Crippen LogP contribution in [0.4, 0.5) is 0 Å². The lowest BCUT2D eigenvalue weighted by Crippen LogP contribution is -2.22. The molecule has 0 aliphatic carbocycles. The SMILES string of the molecule is CCCNC(CC)c1c(CC)[nH]c2c(OC)cccc12. The molecule has 0 spiro atoms. The highest BCUT2D eigenvalue weighted by atomic mass is 16.5. The number of hydrogen-bond acceptors (Lipinski definition) is 2. The minimum Gasteiger partial charge on any atom is -0.495 e. The Bertz CT molecular complexity index is 559. The first kappa shape index (κ1) is 14.9. The summed E-state index contributed by atoms with van der Waals surface area (Å²) in [6.45, 7) is 7.70. The zero-order valence-electron chi connectivity index (χ0n) is 13.0. The van der Waals surface area contributed by atoms with Gasteiger partial charge in [0.2, 0.25) is 0 Å². The molecule has 20 heavy (non-hydrogen) atoms. The molecule has 110 valence electrons. The molecule has 0 aliphatic heterocycles. The molecular weight excluding hydrogens is 248 g/mol. The van der Waals surface area contributed by atoms with E-state index >= 15 is 0 Å². The number of aromatic amines is 1. The Morgan fingerprint density at radius 2 is 2.05 bits per heavy atom. The summed E-state index contributed by atoms with van der Waals surface area (Å²) in [4.78, 5) is 3.56. The lowest BCUT2D eigenvalue weighted by atomic mass is 9.99. The van der Waals surface area contributed by atoms with E-state index in [1.54, 1.807) is 7.11 Å². The van der Waals surface area contributed by atoms with Crippen LogP contribution in [-0.2, 0) is 6.42 Å². The van der Waals surface area contributed by atoms with Gasteiger partial charge in [-0.15, -0.1) is 0 Å². The van der Waals surface area contributed by atoms with Crippen molar-refractivity contribution >= 4 is 10.9 Å². The van der Waals surface area contributed by atoms with Crippen molar-refractivity contribution in [3.05, 3.63) is 29.5 Å². The predicted molar refractivity (Wildman–Crippen MR) is 85.6 cm³/mol. The van der Waals surface area contributed by atoms with Crippen LogP contribution in [0.2, 0.25) is 0 Å². The Labute approximate surface area is 121 Å². The van der Waals surface area contributed by atoms with Gasteiger partial charge >= 0.3 is 0 Å². The normalized spacial score (nSPS) is 12.8. The molecule has 3 heteroatoms. The summed E-state index contributed by atoms with van der Waals surface area (Å²) < 4.78 is 5.48. The van der Waals surface area contributed by atoms with Crippen LogP contribution in [0.15, 0.2) is 18.2 Å². The fourth-order valence-electron chi connectivity index (χ4n) is 2.88. The van der Waals surface area contributed by atoms with Crippen LogP contribution in [0.1, 0.15) is 50.9 Å². The third kappa shape index (κ3) is 2.68. The number of hydrogen-bond donors (Lipinski definition) is 2. The van der Waals surface area contributed by atoms with Gasteiger partial charge in [0.25, 0.3) is 0 Å². The summed E-state index contributed by atoms with van der Waals surface area (Å²) >= 11 is 0. The van der Waals surface area contributed by atoms with Crippen molar-refractivity contribution in [3.8, 4) is 5.75 Å².